The number of hydrogen-bond acceptors (Lipinski definition) is 5. The van der Waals surface area contributed by atoms with Crippen molar-refractivity contribution in [2.45, 2.75) is 13.1 Å². The Morgan fingerprint density at radius 2 is 1.70 bits per heavy atom. The molecule has 6 nitrogen and oxygen atoms in total. The number of rotatable bonds is 7. The van der Waals surface area contributed by atoms with Gasteiger partial charge in [0.1, 0.15) is 11.3 Å². The third-order valence-electron chi connectivity index (χ3n) is 4.96. The lowest BCUT2D eigenvalue weighted by molar-refractivity contribution is 0.0342. The van der Waals surface area contributed by atoms with Gasteiger partial charge in [0.2, 0.25) is 5.88 Å². The highest BCUT2D eigenvalue weighted by Crippen LogP contribution is 2.22. The predicted molar refractivity (Wildman–Crippen MR) is 114 cm³/mol. The Kier molecular flexibility index (Phi) is 6.69. The minimum absolute atomic E-state index is 0.216. The molecule has 0 aliphatic carbocycles. The first-order chi connectivity index (χ1) is 14.8. The molecule has 0 saturated carbocycles. The summed E-state index contributed by atoms with van der Waals surface area (Å²) in [4.78, 5) is 19.3. The van der Waals surface area contributed by atoms with Crippen LogP contribution in [0.15, 0.2) is 72.9 Å². The van der Waals surface area contributed by atoms with E-state index < -0.39 is 0 Å². The normalized spacial score (nSPS) is 14.3. The molecule has 1 aliphatic heterocycles. The van der Waals surface area contributed by atoms with Crippen molar-refractivity contribution in [3.05, 3.63) is 89.6 Å². The van der Waals surface area contributed by atoms with E-state index in [4.69, 9.17) is 9.47 Å². The quantitative estimate of drug-likeness (QED) is 0.653. The molecule has 154 valence electrons. The average molecular weight is 403 g/mol. The summed E-state index contributed by atoms with van der Waals surface area (Å²) in [6, 6.07) is 21.1. The Labute approximate surface area is 176 Å². The van der Waals surface area contributed by atoms with Gasteiger partial charge < -0.3 is 14.8 Å². The third-order valence-corrected chi connectivity index (χ3v) is 4.96. The Balaban J connectivity index is 1.34. The minimum Gasteiger partial charge on any atom is -0.438 e. The van der Waals surface area contributed by atoms with Gasteiger partial charge in [-0.2, -0.15) is 0 Å². The molecule has 2 aromatic carbocycles. The summed E-state index contributed by atoms with van der Waals surface area (Å²) in [5.41, 5.74) is 2.71. The summed E-state index contributed by atoms with van der Waals surface area (Å²) in [6.07, 6.45) is 1.61. The smallest absolute Gasteiger partial charge is 0.257 e. The summed E-state index contributed by atoms with van der Waals surface area (Å²) in [7, 11) is 0. The van der Waals surface area contributed by atoms with E-state index in [9.17, 15) is 4.79 Å². The summed E-state index contributed by atoms with van der Waals surface area (Å²) in [5.74, 6) is 0.717. The maximum atomic E-state index is 12.7. The molecule has 4 rings (SSSR count). The van der Waals surface area contributed by atoms with Crippen LogP contribution in [0.25, 0.3) is 0 Å². The number of morpholine rings is 1. The van der Waals surface area contributed by atoms with E-state index in [-0.39, 0.29) is 5.91 Å². The lowest BCUT2D eigenvalue weighted by Gasteiger charge is -2.26. The van der Waals surface area contributed by atoms with Gasteiger partial charge in [-0.05, 0) is 35.4 Å². The average Bonchev–Trinajstić information content (AvgIpc) is 2.80. The van der Waals surface area contributed by atoms with Gasteiger partial charge in [-0.1, -0.05) is 42.5 Å². The molecule has 0 spiro atoms. The number of para-hydroxylation sites is 1. The molecule has 6 heteroatoms. The predicted octanol–water partition coefficient (Wildman–Crippen LogP) is 3.64. The highest BCUT2D eigenvalue weighted by atomic mass is 16.5. The van der Waals surface area contributed by atoms with Crippen molar-refractivity contribution < 1.29 is 14.3 Å². The highest BCUT2D eigenvalue weighted by Gasteiger charge is 2.14. The van der Waals surface area contributed by atoms with Gasteiger partial charge in [0.25, 0.3) is 5.91 Å². The van der Waals surface area contributed by atoms with Gasteiger partial charge in [-0.15, -0.1) is 0 Å². The van der Waals surface area contributed by atoms with Crippen molar-refractivity contribution in [3.63, 3.8) is 0 Å². The van der Waals surface area contributed by atoms with Gasteiger partial charge in [0.05, 0.1) is 13.2 Å². The highest BCUT2D eigenvalue weighted by molar-refractivity contribution is 5.96. The van der Waals surface area contributed by atoms with Gasteiger partial charge in [-0.3, -0.25) is 9.69 Å². The maximum absolute atomic E-state index is 12.7. The molecule has 30 heavy (non-hydrogen) atoms. The van der Waals surface area contributed by atoms with Crippen LogP contribution >= 0.6 is 0 Å². The number of nitrogens with zero attached hydrogens (tertiary/aromatic N) is 2. The number of benzene rings is 2. The molecule has 0 unspecified atom stereocenters. The zero-order valence-electron chi connectivity index (χ0n) is 16.8. The SMILES string of the molecule is O=C(NCc1ccc(CN2CCOCC2)cc1)c1cccnc1Oc1ccccc1. The van der Waals surface area contributed by atoms with E-state index in [2.05, 4.69) is 39.5 Å². The molecule has 0 atom stereocenters. The molecule has 0 radical (unpaired) electrons. The number of nitrogens with one attached hydrogen (secondary N) is 1. The van der Waals surface area contributed by atoms with Crippen LogP contribution in [0.3, 0.4) is 0 Å². The molecule has 1 saturated heterocycles. The van der Waals surface area contributed by atoms with Crippen molar-refractivity contribution in [1.82, 2.24) is 15.2 Å². The molecular weight excluding hydrogens is 378 g/mol. The first-order valence-electron chi connectivity index (χ1n) is 10.1. The van der Waals surface area contributed by atoms with Crippen LogP contribution < -0.4 is 10.1 Å². The van der Waals surface area contributed by atoms with Crippen LogP contribution in [0.4, 0.5) is 0 Å². The number of carbonyl (C=O) groups is 1. The number of pyridine rings is 1. The van der Waals surface area contributed by atoms with Crippen molar-refractivity contribution in [1.29, 1.82) is 0 Å². The lowest BCUT2D eigenvalue weighted by Crippen LogP contribution is -2.35. The standard InChI is InChI=1S/C24H25N3O3/c28-23(22-7-4-12-25-24(22)30-21-5-2-1-3-6-21)26-17-19-8-10-20(11-9-19)18-27-13-15-29-16-14-27/h1-12H,13-18H2,(H,26,28). The fraction of sp³-hybridized carbons (Fsp3) is 0.250. The van der Waals surface area contributed by atoms with Gasteiger partial charge in [0.15, 0.2) is 0 Å². The second kappa shape index (κ2) is 10.0. The second-order valence-corrected chi connectivity index (χ2v) is 7.16. The Bertz CT molecular complexity index is 955. The molecule has 1 N–H and O–H groups in total. The molecule has 1 fully saturated rings. The van der Waals surface area contributed by atoms with E-state index in [0.29, 0.717) is 23.7 Å². The van der Waals surface area contributed by atoms with Crippen LogP contribution in [-0.4, -0.2) is 42.1 Å². The zero-order valence-corrected chi connectivity index (χ0v) is 16.8. The van der Waals surface area contributed by atoms with Crippen molar-refractivity contribution in [2.75, 3.05) is 26.3 Å². The molecule has 1 amide bonds. The van der Waals surface area contributed by atoms with Crippen LogP contribution in [-0.2, 0) is 17.8 Å². The summed E-state index contributed by atoms with van der Waals surface area (Å²) in [6.45, 7) is 4.90. The Morgan fingerprint density at radius 3 is 2.47 bits per heavy atom. The monoisotopic (exact) mass is 403 g/mol. The summed E-state index contributed by atoms with van der Waals surface area (Å²) in [5, 5.41) is 2.96. The third kappa shape index (κ3) is 5.43. The van der Waals surface area contributed by atoms with E-state index in [1.165, 1.54) is 5.56 Å². The number of hydrogen-bond donors (Lipinski definition) is 1. The summed E-state index contributed by atoms with van der Waals surface area (Å²) < 4.78 is 11.2. The number of ether oxygens (including phenoxy) is 2. The van der Waals surface area contributed by atoms with E-state index in [1.807, 2.05) is 30.3 Å². The topological polar surface area (TPSA) is 63.7 Å². The van der Waals surface area contributed by atoms with Crippen LogP contribution in [0, 0.1) is 0 Å². The van der Waals surface area contributed by atoms with E-state index >= 15 is 0 Å². The Hall–Kier alpha value is -3.22. The molecule has 3 aromatic rings. The van der Waals surface area contributed by atoms with Crippen molar-refractivity contribution >= 4 is 5.91 Å². The second-order valence-electron chi connectivity index (χ2n) is 7.16. The van der Waals surface area contributed by atoms with Crippen LogP contribution in [0.5, 0.6) is 11.6 Å². The summed E-state index contributed by atoms with van der Waals surface area (Å²) >= 11 is 0. The molecular formula is C24H25N3O3. The zero-order chi connectivity index (χ0) is 20.6. The van der Waals surface area contributed by atoms with Crippen molar-refractivity contribution in [2.24, 2.45) is 0 Å². The maximum Gasteiger partial charge on any atom is 0.257 e. The minimum atomic E-state index is -0.216. The first-order valence-corrected chi connectivity index (χ1v) is 10.1. The largest absolute Gasteiger partial charge is 0.438 e. The van der Waals surface area contributed by atoms with E-state index in [1.54, 1.807) is 18.3 Å². The fourth-order valence-corrected chi connectivity index (χ4v) is 3.30. The number of amides is 1. The van der Waals surface area contributed by atoms with Gasteiger partial charge in [0, 0.05) is 32.4 Å². The molecule has 1 aliphatic rings. The number of carbonyl (C=O) groups excluding carboxylic acids is 1. The van der Waals surface area contributed by atoms with Gasteiger partial charge >= 0.3 is 0 Å². The van der Waals surface area contributed by atoms with Crippen LogP contribution in [0.2, 0.25) is 0 Å². The fourth-order valence-electron chi connectivity index (χ4n) is 3.30. The first kappa shape index (κ1) is 20.1. The molecule has 0 bridgehead atoms. The number of aromatic nitrogens is 1. The van der Waals surface area contributed by atoms with Gasteiger partial charge in [-0.25, -0.2) is 4.98 Å². The Morgan fingerprint density at radius 1 is 0.967 bits per heavy atom. The molecule has 1 aromatic heterocycles. The van der Waals surface area contributed by atoms with Crippen molar-refractivity contribution in [3.8, 4) is 11.6 Å². The van der Waals surface area contributed by atoms with Crippen LogP contribution in [0.1, 0.15) is 21.5 Å². The molecule has 2 heterocycles. The lowest BCUT2D eigenvalue weighted by atomic mass is 10.1. The van der Waals surface area contributed by atoms with E-state index in [0.717, 1.165) is 38.4 Å².